The van der Waals surface area contributed by atoms with Gasteiger partial charge in [-0.1, -0.05) is 13.8 Å². The number of fused-ring (bicyclic) bond motifs is 1. The molecule has 0 amide bonds. The molecule has 0 bridgehead atoms. The number of hydrogen-bond acceptors (Lipinski definition) is 2. The fourth-order valence-electron chi connectivity index (χ4n) is 3.36. The van der Waals surface area contributed by atoms with Crippen molar-refractivity contribution in [2.45, 2.75) is 58.3 Å². The predicted octanol–water partition coefficient (Wildman–Crippen LogP) is 3.33. The average Bonchev–Trinajstić information content (AvgIpc) is 2.26. The van der Waals surface area contributed by atoms with Crippen LogP contribution in [0.5, 0.6) is 5.75 Å². The lowest BCUT2D eigenvalue weighted by molar-refractivity contribution is -0.138. The van der Waals surface area contributed by atoms with E-state index in [1.54, 1.807) is 6.07 Å². The zero-order chi connectivity index (χ0) is 14.2. The highest BCUT2D eigenvalue weighted by molar-refractivity contribution is 5.70. The maximum atomic E-state index is 11.1. The number of benzene rings is 1. The van der Waals surface area contributed by atoms with E-state index < -0.39 is 11.4 Å². The number of carbonyl (C=O) groups is 1. The largest absolute Gasteiger partial charge is 0.508 e. The SMILES string of the molecule is Cc1cc(O)c(C(C)(C)CC(=O)O)c2c1CCCC2. The van der Waals surface area contributed by atoms with Gasteiger partial charge in [-0.15, -0.1) is 0 Å². The minimum absolute atomic E-state index is 0.0378. The summed E-state index contributed by atoms with van der Waals surface area (Å²) in [5, 5.41) is 19.4. The van der Waals surface area contributed by atoms with E-state index in [4.69, 9.17) is 5.11 Å². The third-order valence-corrected chi connectivity index (χ3v) is 4.12. The predicted molar refractivity (Wildman–Crippen MR) is 74.8 cm³/mol. The number of phenolic OH excluding ortho intramolecular Hbond substituents is 1. The normalized spacial score (nSPS) is 15.1. The van der Waals surface area contributed by atoms with Crippen molar-refractivity contribution in [3.05, 3.63) is 28.3 Å². The highest BCUT2D eigenvalue weighted by atomic mass is 16.4. The Morgan fingerprint density at radius 1 is 1.26 bits per heavy atom. The zero-order valence-corrected chi connectivity index (χ0v) is 11.9. The van der Waals surface area contributed by atoms with Crippen LogP contribution in [-0.2, 0) is 23.1 Å². The molecule has 1 aliphatic rings. The maximum absolute atomic E-state index is 11.1. The van der Waals surface area contributed by atoms with Crippen LogP contribution in [0, 0.1) is 6.92 Å². The van der Waals surface area contributed by atoms with Gasteiger partial charge in [-0.25, -0.2) is 0 Å². The molecule has 0 heterocycles. The summed E-state index contributed by atoms with van der Waals surface area (Å²) in [5.41, 5.74) is 3.94. The van der Waals surface area contributed by atoms with Crippen LogP contribution in [0.4, 0.5) is 0 Å². The molecular weight excluding hydrogens is 240 g/mol. The smallest absolute Gasteiger partial charge is 0.304 e. The molecule has 1 aliphatic carbocycles. The molecule has 0 aliphatic heterocycles. The van der Waals surface area contributed by atoms with Crippen molar-refractivity contribution in [2.75, 3.05) is 0 Å². The second-order valence-electron chi connectivity index (χ2n) is 6.21. The first kappa shape index (κ1) is 13.9. The zero-order valence-electron chi connectivity index (χ0n) is 11.9. The van der Waals surface area contributed by atoms with Crippen LogP contribution in [-0.4, -0.2) is 16.2 Å². The molecular formula is C16H22O3. The molecule has 0 radical (unpaired) electrons. The van der Waals surface area contributed by atoms with Crippen LogP contribution in [0.3, 0.4) is 0 Å². The second kappa shape index (κ2) is 4.87. The van der Waals surface area contributed by atoms with Gasteiger partial charge in [0.25, 0.3) is 0 Å². The summed E-state index contributed by atoms with van der Waals surface area (Å²) >= 11 is 0. The highest BCUT2D eigenvalue weighted by Crippen LogP contribution is 2.41. The van der Waals surface area contributed by atoms with Crippen LogP contribution >= 0.6 is 0 Å². The van der Waals surface area contributed by atoms with Gasteiger partial charge in [-0.3, -0.25) is 4.79 Å². The fraction of sp³-hybridized carbons (Fsp3) is 0.562. The summed E-state index contributed by atoms with van der Waals surface area (Å²) in [5.74, 6) is -0.570. The highest BCUT2D eigenvalue weighted by Gasteiger charge is 2.32. The van der Waals surface area contributed by atoms with E-state index in [9.17, 15) is 9.90 Å². The minimum Gasteiger partial charge on any atom is -0.508 e. The van der Waals surface area contributed by atoms with Crippen molar-refractivity contribution in [3.8, 4) is 5.75 Å². The maximum Gasteiger partial charge on any atom is 0.304 e. The molecule has 0 unspecified atom stereocenters. The summed E-state index contributed by atoms with van der Waals surface area (Å²) in [4.78, 5) is 11.1. The Hall–Kier alpha value is -1.51. The number of rotatable bonds is 3. The van der Waals surface area contributed by atoms with Crippen molar-refractivity contribution in [1.82, 2.24) is 0 Å². The molecule has 0 aromatic heterocycles. The molecule has 2 N–H and O–H groups in total. The number of carboxylic acids is 1. The summed E-state index contributed by atoms with van der Waals surface area (Å²) in [6.07, 6.45) is 4.32. The van der Waals surface area contributed by atoms with Crippen molar-refractivity contribution in [1.29, 1.82) is 0 Å². The van der Waals surface area contributed by atoms with Gasteiger partial charge in [0.2, 0.25) is 0 Å². The molecule has 0 saturated carbocycles. The van der Waals surface area contributed by atoms with Gasteiger partial charge in [0.05, 0.1) is 6.42 Å². The lowest BCUT2D eigenvalue weighted by atomic mass is 9.73. The van der Waals surface area contributed by atoms with Gasteiger partial charge < -0.3 is 10.2 Å². The summed E-state index contributed by atoms with van der Waals surface area (Å²) in [6.45, 7) is 5.83. The first-order valence-electron chi connectivity index (χ1n) is 6.89. The van der Waals surface area contributed by atoms with E-state index in [1.807, 2.05) is 20.8 Å². The Balaban J connectivity index is 2.59. The van der Waals surface area contributed by atoms with E-state index in [1.165, 1.54) is 17.5 Å². The first-order valence-corrected chi connectivity index (χ1v) is 6.89. The summed E-state index contributed by atoms with van der Waals surface area (Å²) < 4.78 is 0. The van der Waals surface area contributed by atoms with Crippen molar-refractivity contribution in [3.63, 3.8) is 0 Å². The second-order valence-corrected chi connectivity index (χ2v) is 6.21. The summed E-state index contributed by atoms with van der Waals surface area (Å²) in [6, 6.07) is 1.79. The Labute approximate surface area is 114 Å². The van der Waals surface area contributed by atoms with Crippen LogP contribution in [0.1, 0.15) is 55.4 Å². The molecule has 104 valence electrons. The summed E-state index contributed by atoms with van der Waals surface area (Å²) in [7, 11) is 0. The molecule has 2 rings (SSSR count). The van der Waals surface area contributed by atoms with E-state index in [0.29, 0.717) is 0 Å². The molecule has 19 heavy (non-hydrogen) atoms. The van der Waals surface area contributed by atoms with Crippen molar-refractivity contribution < 1.29 is 15.0 Å². The number of aliphatic carboxylic acids is 1. The van der Waals surface area contributed by atoms with Crippen molar-refractivity contribution >= 4 is 5.97 Å². The molecule has 3 heteroatoms. The lowest BCUT2D eigenvalue weighted by Gasteiger charge is -2.31. The van der Waals surface area contributed by atoms with E-state index in [2.05, 4.69) is 0 Å². The Morgan fingerprint density at radius 2 is 1.84 bits per heavy atom. The first-order chi connectivity index (χ1) is 8.83. The standard InChI is InChI=1S/C16H22O3/c1-10-8-13(17)15(16(2,3)9-14(18)19)12-7-5-4-6-11(10)12/h8,17H,4-7,9H2,1-3H3,(H,18,19). The number of phenols is 1. The van der Waals surface area contributed by atoms with E-state index in [0.717, 1.165) is 30.4 Å². The Kier molecular flexibility index (Phi) is 3.57. The van der Waals surface area contributed by atoms with E-state index >= 15 is 0 Å². The van der Waals surface area contributed by atoms with Gasteiger partial charge in [0.1, 0.15) is 5.75 Å². The number of aromatic hydroxyl groups is 1. The third-order valence-electron chi connectivity index (χ3n) is 4.12. The van der Waals surface area contributed by atoms with Crippen molar-refractivity contribution in [2.24, 2.45) is 0 Å². The van der Waals surface area contributed by atoms with Gasteiger partial charge in [0, 0.05) is 11.0 Å². The minimum atomic E-state index is -0.825. The van der Waals surface area contributed by atoms with Crippen LogP contribution in [0.2, 0.25) is 0 Å². The van der Waals surface area contributed by atoms with Crippen LogP contribution in [0.25, 0.3) is 0 Å². The lowest BCUT2D eigenvalue weighted by Crippen LogP contribution is -2.25. The molecule has 0 atom stereocenters. The van der Waals surface area contributed by atoms with Gasteiger partial charge in [0.15, 0.2) is 0 Å². The Morgan fingerprint density at radius 3 is 2.42 bits per heavy atom. The number of hydrogen-bond donors (Lipinski definition) is 2. The molecule has 3 nitrogen and oxygen atoms in total. The molecule has 1 aromatic rings. The number of carboxylic acid groups (broad SMARTS) is 1. The third kappa shape index (κ3) is 2.60. The number of aryl methyl sites for hydroxylation is 1. The molecule has 0 fully saturated rings. The quantitative estimate of drug-likeness (QED) is 0.878. The van der Waals surface area contributed by atoms with Crippen LogP contribution < -0.4 is 0 Å². The van der Waals surface area contributed by atoms with Gasteiger partial charge >= 0.3 is 5.97 Å². The fourth-order valence-corrected chi connectivity index (χ4v) is 3.36. The topological polar surface area (TPSA) is 57.5 Å². The molecule has 0 saturated heterocycles. The van der Waals surface area contributed by atoms with E-state index in [-0.39, 0.29) is 12.2 Å². The van der Waals surface area contributed by atoms with Crippen LogP contribution in [0.15, 0.2) is 6.07 Å². The Bertz CT molecular complexity index is 515. The van der Waals surface area contributed by atoms with Gasteiger partial charge in [-0.2, -0.15) is 0 Å². The molecule has 1 aromatic carbocycles. The molecule has 0 spiro atoms. The monoisotopic (exact) mass is 262 g/mol. The average molecular weight is 262 g/mol. The van der Waals surface area contributed by atoms with Gasteiger partial charge in [-0.05, 0) is 55.4 Å².